The summed E-state index contributed by atoms with van der Waals surface area (Å²) in [7, 11) is 1.59. The van der Waals surface area contributed by atoms with Crippen molar-refractivity contribution in [2.75, 3.05) is 7.11 Å². The van der Waals surface area contributed by atoms with E-state index < -0.39 is 17.5 Å². The zero-order valence-corrected chi connectivity index (χ0v) is 11.8. The second-order valence-electron chi connectivity index (χ2n) is 4.75. The van der Waals surface area contributed by atoms with Crippen LogP contribution in [0.15, 0.2) is 36.4 Å². The van der Waals surface area contributed by atoms with E-state index in [0.717, 1.165) is 23.4 Å². The maximum absolute atomic E-state index is 13.1. The van der Waals surface area contributed by atoms with Gasteiger partial charge in [0, 0.05) is 12.6 Å². The fourth-order valence-electron chi connectivity index (χ4n) is 1.99. The van der Waals surface area contributed by atoms with Gasteiger partial charge in [0.1, 0.15) is 5.75 Å². The predicted octanol–water partition coefficient (Wildman–Crippen LogP) is 3.96. The lowest BCUT2D eigenvalue weighted by Gasteiger charge is -2.15. The van der Waals surface area contributed by atoms with Crippen LogP contribution in [-0.4, -0.2) is 7.11 Å². The van der Waals surface area contributed by atoms with E-state index >= 15 is 0 Å². The van der Waals surface area contributed by atoms with Crippen molar-refractivity contribution in [3.63, 3.8) is 0 Å². The third kappa shape index (κ3) is 3.76. The molecule has 0 fully saturated rings. The average Bonchev–Trinajstić information content (AvgIpc) is 2.50. The number of benzene rings is 2. The Morgan fingerprint density at radius 3 is 2.14 bits per heavy atom. The van der Waals surface area contributed by atoms with E-state index in [2.05, 4.69) is 5.32 Å². The van der Waals surface area contributed by atoms with E-state index in [1.165, 1.54) is 0 Å². The SMILES string of the molecule is COc1ccc([C@@H](C)NCc2cc(F)c(F)c(F)c2)cc1. The van der Waals surface area contributed by atoms with Crippen molar-refractivity contribution >= 4 is 0 Å². The Bertz CT molecular complexity index is 590. The first-order valence-corrected chi connectivity index (χ1v) is 6.52. The first-order valence-electron chi connectivity index (χ1n) is 6.52. The minimum atomic E-state index is -1.44. The van der Waals surface area contributed by atoms with Crippen molar-refractivity contribution in [3.05, 3.63) is 65.0 Å². The summed E-state index contributed by atoms with van der Waals surface area (Å²) in [5, 5.41) is 3.13. The van der Waals surface area contributed by atoms with Crippen molar-refractivity contribution in [2.45, 2.75) is 19.5 Å². The monoisotopic (exact) mass is 295 g/mol. The number of methoxy groups -OCH3 is 1. The zero-order valence-electron chi connectivity index (χ0n) is 11.8. The Balaban J connectivity index is 2.01. The van der Waals surface area contributed by atoms with Crippen LogP contribution in [0, 0.1) is 17.5 Å². The smallest absolute Gasteiger partial charge is 0.194 e. The lowest BCUT2D eigenvalue weighted by Crippen LogP contribution is -2.18. The van der Waals surface area contributed by atoms with Crippen LogP contribution in [-0.2, 0) is 6.54 Å². The number of nitrogens with one attached hydrogen (secondary N) is 1. The summed E-state index contributed by atoms with van der Waals surface area (Å²) in [5.41, 5.74) is 1.37. The molecular weight excluding hydrogens is 279 g/mol. The molecule has 0 aromatic heterocycles. The average molecular weight is 295 g/mol. The van der Waals surface area contributed by atoms with E-state index in [1.807, 2.05) is 31.2 Å². The fourth-order valence-corrected chi connectivity index (χ4v) is 1.99. The maximum Gasteiger partial charge on any atom is 0.194 e. The molecule has 0 aliphatic carbocycles. The first kappa shape index (κ1) is 15.4. The van der Waals surface area contributed by atoms with Crippen molar-refractivity contribution in [1.29, 1.82) is 0 Å². The van der Waals surface area contributed by atoms with Crippen LogP contribution in [0.4, 0.5) is 13.2 Å². The standard InChI is InChI=1S/C16H16F3NO/c1-10(12-3-5-13(21-2)6-4-12)20-9-11-7-14(17)16(19)15(18)8-11/h3-8,10,20H,9H2,1-2H3/t10-/m1/s1. The van der Waals surface area contributed by atoms with Gasteiger partial charge in [0.25, 0.3) is 0 Å². The molecule has 2 aromatic carbocycles. The third-order valence-corrected chi connectivity index (χ3v) is 3.27. The van der Waals surface area contributed by atoms with Crippen LogP contribution in [0.25, 0.3) is 0 Å². The molecule has 1 N–H and O–H groups in total. The van der Waals surface area contributed by atoms with E-state index in [9.17, 15) is 13.2 Å². The van der Waals surface area contributed by atoms with Crippen molar-refractivity contribution in [2.24, 2.45) is 0 Å². The van der Waals surface area contributed by atoms with Crippen LogP contribution >= 0.6 is 0 Å². The first-order chi connectivity index (χ1) is 10.0. The molecule has 1 atom stereocenters. The number of rotatable bonds is 5. The van der Waals surface area contributed by atoms with Gasteiger partial charge in [0.2, 0.25) is 0 Å². The lowest BCUT2D eigenvalue weighted by atomic mass is 10.1. The zero-order chi connectivity index (χ0) is 15.4. The summed E-state index contributed by atoms with van der Waals surface area (Å²) < 4.78 is 44.2. The van der Waals surface area contributed by atoms with Gasteiger partial charge in [-0.3, -0.25) is 0 Å². The number of ether oxygens (including phenoxy) is 1. The predicted molar refractivity (Wildman–Crippen MR) is 74.6 cm³/mol. The van der Waals surface area contributed by atoms with Gasteiger partial charge < -0.3 is 10.1 Å². The highest BCUT2D eigenvalue weighted by Gasteiger charge is 2.11. The van der Waals surface area contributed by atoms with Gasteiger partial charge in [-0.2, -0.15) is 0 Å². The molecule has 21 heavy (non-hydrogen) atoms. The molecule has 0 amide bonds. The summed E-state index contributed by atoms with van der Waals surface area (Å²) in [6, 6.07) is 9.45. The van der Waals surface area contributed by atoms with E-state index in [0.29, 0.717) is 5.56 Å². The van der Waals surface area contributed by atoms with Crippen LogP contribution in [0.2, 0.25) is 0 Å². The maximum atomic E-state index is 13.1. The molecule has 0 aliphatic rings. The summed E-state index contributed by atoms with van der Waals surface area (Å²) in [4.78, 5) is 0. The van der Waals surface area contributed by atoms with Gasteiger partial charge in [-0.05, 0) is 42.3 Å². The van der Waals surface area contributed by atoms with Gasteiger partial charge in [0.05, 0.1) is 7.11 Å². The Labute approximate surface area is 121 Å². The van der Waals surface area contributed by atoms with Gasteiger partial charge in [-0.15, -0.1) is 0 Å². The second-order valence-corrected chi connectivity index (χ2v) is 4.75. The summed E-state index contributed by atoms with van der Waals surface area (Å²) in [6.45, 7) is 2.17. The third-order valence-electron chi connectivity index (χ3n) is 3.27. The highest BCUT2D eigenvalue weighted by Crippen LogP contribution is 2.18. The number of halogens is 3. The topological polar surface area (TPSA) is 21.3 Å². The Morgan fingerprint density at radius 2 is 1.62 bits per heavy atom. The van der Waals surface area contributed by atoms with Gasteiger partial charge in [-0.25, -0.2) is 13.2 Å². The summed E-state index contributed by atoms with van der Waals surface area (Å²) in [6.07, 6.45) is 0. The molecule has 2 rings (SSSR count). The fraction of sp³-hybridized carbons (Fsp3) is 0.250. The van der Waals surface area contributed by atoms with Crippen LogP contribution in [0.3, 0.4) is 0 Å². The van der Waals surface area contributed by atoms with Gasteiger partial charge in [0.15, 0.2) is 17.5 Å². The normalized spacial score (nSPS) is 12.2. The molecule has 0 spiro atoms. The van der Waals surface area contributed by atoms with E-state index in [1.54, 1.807) is 7.11 Å². The quantitative estimate of drug-likeness (QED) is 0.843. The molecule has 2 nitrogen and oxygen atoms in total. The molecule has 0 saturated heterocycles. The van der Waals surface area contributed by atoms with Crippen LogP contribution in [0.1, 0.15) is 24.1 Å². The van der Waals surface area contributed by atoms with Gasteiger partial charge in [-0.1, -0.05) is 12.1 Å². The van der Waals surface area contributed by atoms with Crippen LogP contribution < -0.4 is 10.1 Å². The second kappa shape index (κ2) is 6.63. The molecule has 0 radical (unpaired) electrons. The van der Waals surface area contributed by atoms with E-state index in [4.69, 9.17) is 4.74 Å². The minimum absolute atomic E-state index is 0.0212. The highest BCUT2D eigenvalue weighted by molar-refractivity contribution is 5.29. The molecule has 0 saturated carbocycles. The molecule has 0 unspecified atom stereocenters. The van der Waals surface area contributed by atoms with E-state index in [-0.39, 0.29) is 12.6 Å². The van der Waals surface area contributed by atoms with Crippen molar-refractivity contribution in [3.8, 4) is 5.75 Å². The molecular formula is C16H16F3NO. The number of hydrogen-bond donors (Lipinski definition) is 1. The molecule has 5 heteroatoms. The van der Waals surface area contributed by atoms with Crippen molar-refractivity contribution in [1.82, 2.24) is 5.32 Å². The molecule has 0 heterocycles. The minimum Gasteiger partial charge on any atom is -0.497 e. The lowest BCUT2D eigenvalue weighted by molar-refractivity contribution is 0.414. The molecule has 0 aliphatic heterocycles. The van der Waals surface area contributed by atoms with Gasteiger partial charge >= 0.3 is 0 Å². The molecule has 112 valence electrons. The summed E-state index contributed by atoms with van der Waals surface area (Å²) in [5.74, 6) is -3.04. The van der Waals surface area contributed by atoms with Crippen LogP contribution in [0.5, 0.6) is 5.75 Å². The Morgan fingerprint density at radius 1 is 1.05 bits per heavy atom. The Hall–Kier alpha value is -2.01. The summed E-state index contributed by atoms with van der Waals surface area (Å²) >= 11 is 0. The Kier molecular flexibility index (Phi) is 4.85. The highest BCUT2D eigenvalue weighted by atomic mass is 19.2. The number of hydrogen-bond acceptors (Lipinski definition) is 2. The van der Waals surface area contributed by atoms with Crippen molar-refractivity contribution < 1.29 is 17.9 Å². The largest absolute Gasteiger partial charge is 0.497 e. The molecule has 2 aromatic rings. The molecule has 0 bridgehead atoms.